The SMILES string of the molecule is CC(C)c1cc(N2CCOC(C(F)(F)F)C2)nc(C(F)(F)F)n1. The molecule has 23 heavy (non-hydrogen) atoms. The number of nitrogens with zero attached hydrogens (tertiary/aromatic N) is 3. The summed E-state index contributed by atoms with van der Waals surface area (Å²) in [5, 5.41) is 0. The largest absolute Gasteiger partial charge is 0.451 e. The van der Waals surface area contributed by atoms with E-state index >= 15 is 0 Å². The monoisotopic (exact) mass is 343 g/mol. The van der Waals surface area contributed by atoms with E-state index in [2.05, 4.69) is 14.7 Å². The molecule has 0 saturated carbocycles. The average Bonchev–Trinajstić information content (AvgIpc) is 2.45. The summed E-state index contributed by atoms with van der Waals surface area (Å²) >= 11 is 0. The third-order valence-corrected chi connectivity index (χ3v) is 3.33. The number of hydrogen-bond acceptors (Lipinski definition) is 4. The Labute approximate surface area is 128 Å². The fraction of sp³-hybridized carbons (Fsp3) is 0.692. The molecule has 4 nitrogen and oxygen atoms in total. The first-order chi connectivity index (χ1) is 10.5. The minimum Gasteiger partial charge on any atom is -0.365 e. The number of aromatic nitrogens is 2. The molecule has 1 aromatic rings. The Morgan fingerprint density at radius 3 is 2.35 bits per heavy atom. The molecule has 1 saturated heterocycles. The number of ether oxygens (including phenoxy) is 1. The normalized spacial score (nSPS) is 20.2. The van der Waals surface area contributed by atoms with Crippen LogP contribution in [0.15, 0.2) is 6.07 Å². The summed E-state index contributed by atoms with van der Waals surface area (Å²) in [5.41, 5.74) is 0.123. The van der Waals surface area contributed by atoms with Gasteiger partial charge in [0, 0.05) is 18.3 Å². The van der Waals surface area contributed by atoms with Gasteiger partial charge in [-0.05, 0) is 5.92 Å². The third kappa shape index (κ3) is 4.24. The van der Waals surface area contributed by atoms with Gasteiger partial charge in [0.25, 0.3) is 0 Å². The quantitative estimate of drug-likeness (QED) is 0.772. The molecule has 1 aliphatic heterocycles. The Bertz CT molecular complexity index is 558. The number of hydrogen-bond donors (Lipinski definition) is 0. The molecule has 1 aromatic heterocycles. The third-order valence-electron chi connectivity index (χ3n) is 3.33. The molecule has 0 aromatic carbocycles. The summed E-state index contributed by atoms with van der Waals surface area (Å²) < 4.78 is 81.6. The van der Waals surface area contributed by atoms with Crippen molar-refractivity contribution >= 4 is 5.82 Å². The Morgan fingerprint density at radius 1 is 1.17 bits per heavy atom. The molecule has 10 heteroatoms. The van der Waals surface area contributed by atoms with Gasteiger partial charge in [0.15, 0.2) is 6.10 Å². The van der Waals surface area contributed by atoms with E-state index in [1.807, 2.05) is 0 Å². The molecule has 1 fully saturated rings. The van der Waals surface area contributed by atoms with Gasteiger partial charge in [-0.15, -0.1) is 0 Å². The lowest BCUT2D eigenvalue weighted by Gasteiger charge is -2.34. The first-order valence-electron chi connectivity index (χ1n) is 6.88. The lowest BCUT2D eigenvalue weighted by Crippen LogP contribution is -2.49. The minimum absolute atomic E-state index is 0.0262. The van der Waals surface area contributed by atoms with Crippen LogP contribution in [-0.2, 0) is 10.9 Å². The van der Waals surface area contributed by atoms with Crippen LogP contribution >= 0.6 is 0 Å². The Balaban J connectivity index is 2.36. The van der Waals surface area contributed by atoms with Gasteiger partial charge in [-0.25, -0.2) is 9.97 Å². The van der Waals surface area contributed by atoms with Crippen molar-refractivity contribution in [3.05, 3.63) is 17.6 Å². The zero-order valence-corrected chi connectivity index (χ0v) is 12.4. The molecule has 0 radical (unpaired) electrons. The summed E-state index contributed by atoms with van der Waals surface area (Å²) in [4.78, 5) is 7.99. The van der Waals surface area contributed by atoms with E-state index < -0.39 is 30.8 Å². The molecule has 0 amide bonds. The molecular weight excluding hydrogens is 328 g/mol. The van der Waals surface area contributed by atoms with Crippen LogP contribution in [0.4, 0.5) is 32.2 Å². The lowest BCUT2D eigenvalue weighted by atomic mass is 10.1. The smallest absolute Gasteiger partial charge is 0.365 e. The van der Waals surface area contributed by atoms with Gasteiger partial charge < -0.3 is 9.64 Å². The first kappa shape index (κ1) is 17.8. The molecule has 0 spiro atoms. The van der Waals surface area contributed by atoms with E-state index in [1.165, 1.54) is 6.07 Å². The van der Waals surface area contributed by atoms with E-state index in [0.29, 0.717) is 0 Å². The molecular formula is C13H15F6N3O. The molecule has 1 atom stereocenters. The second kappa shape index (κ2) is 6.14. The van der Waals surface area contributed by atoms with Crippen molar-refractivity contribution in [2.24, 2.45) is 0 Å². The van der Waals surface area contributed by atoms with Crippen molar-refractivity contribution in [3.63, 3.8) is 0 Å². The fourth-order valence-corrected chi connectivity index (χ4v) is 2.09. The molecule has 0 aliphatic carbocycles. The van der Waals surface area contributed by atoms with E-state index in [1.54, 1.807) is 13.8 Å². The average molecular weight is 343 g/mol. The summed E-state index contributed by atoms with van der Waals surface area (Å²) in [5.74, 6) is -1.85. The predicted molar refractivity (Wildman–Crippen MR) is 69.1 cm³/mol. The van der Waals surface area contributed by atoms with Gasteiger partial charge in [0.05, 0.1) is 13.2 Å². The van der Waals surface area contributed by atoms with Gasteiger partial charge in [-0.2, -0.15) is 26.3 Å². The highest BCUT2D eigenvalue weighted by Gasteiger charge is 2.44. The first-order valence-corrected chi connectivity index (χ1v) is 6.88. The summed E-state index contributed by atoms with van der Waals surface area (Å²) in [6.45, 7) is 2.47. The molecule has 2 rings (SSSR count). The molecule has 0 bridgehead atoms. The Kier molecular flexibility index (Phi) is 4.74. The van der Waals surface area contributed by atoms with Crippen LogP contribution in [0.25, 0.3) is 0 Å². The van der Waals surface area contributed by atoms with Gasteiger partial charge in [-0.1, -0.05) is 13.8 Å². The molecule has 0 N–H and O–H groups in total. The zero-order valence-electron chi connectivity index (χ0n) is 12.4. The van der Waals surface area contributed by atoms with E-state index in [4.69, 9.17) is 0 Å². The summed E-state index contributed by atoms with van der Waals surface area (Å²) in [6, 6.07) is 1.29. The Hall–Kier alpha value is -1.58. The van der Waals surface area contributed by atoms with Crippen LogP contribution in [0.1, 0.15) is 31.3 Å². The second-order valence-corrected chi connectivity index (χ2v) is 5.47. The number of alkyl halides is 6. The van der Waals surface area contributed by atoms with Crippen molar-refractivity contribution < 1.29 is 31.1 Å². The van der Waals surface area contributed by atoms with Crippen LogP contribution < -0.4 is 4.90 Å². The van der Waals surface area contributed by atoms with Crippen molar-refractivity contribution in [3.8, 4) is 0 Å². The maximum atomic E-state index is 12.9. The van der Waals surface area contributed by atoms with Crippen LogP contribution in [0.2, 0.25) is 0 Å². The highest BCUT2D eigenvalue weighted by molar-refractivity contribution is 5.41. The van der Waals surface area contributed by atoms with E-state index in [-0.39, 0.29) is 30.6 Å². The topological polar surface area (TPSA) is 38.2 Å². The molecule has 1 unspecified atom stereocenters. The van der Waals surface area contributed by atoms with Crippen molar-refractivity contribution in [1.29, 1.82) is 0 Å². The maximum Gasteiger partial charge on any atom is 0.451 e. The van der Waals surface area contributed by atoms with Crippen LogP contribution in [-0.4, -0.2) is 41.9 Å². The minimum atomic E-state index is -4.77. The number of halogens is 6. The van der Waals surface area contributed by atoms with Gasteiger partial charge >= 0.3 is 12.4 Å². The van der Waals surface area contributed by atoms with Crippen molar-refractivity contribution in [2.45, 2.75) is 38.2 Å². The number of anilines is 1. The van der Waals surface area contributed by atoms with Gasteiger partial charge in [-0.3, -0.25) is 0 Å². The standard InChI is InChI=1S/C13H15F6N3O/c1-7(2)8-5-10(21-11(20-8)13(17,18)19)22-3-4-23-9(6-22)12(14,15)16/h5,7,9H,3-4,6H2,1-2H3. The molecule has 130 valence electrons. The van der Waals surface area contributed by atoms with Gasteiger partial charge in [0.1, 0.15) is 5.82 Å². The van der Waals surface area contributed by atoms with E-state index in [0.717, 1.165) is 4.90 Å². The van der Waals surface area contributed by atoms with Crippen molar-refractivity contribution in [1.82, 2.24) is 9.97 Å². The van der Waals surface area contributed by atoms with Gasteiger partial charge in [0.2, 0.25) is 5.82 Å². The number of rotatable bonds is 2. The summed E-state index contributed by atoms with van der Waals surface area (Å²) in [6.07, 6.45) is -11.4. The van der Waals surface area contributed by atoms with Crippen LogP contribution in [0, 0.1) is 0 Å². The lowest BCUT2D eigenvalue weighted by molar-refractivity contribution is -0.221. The fourth-order valence-electron chi connectivity index (χ4n) is 2.09. The maximum absolute atomic E-state index is 12.9. The van der Waals surface area contributed by atoms with Crippen molar-refractivity contribution in [2.75, 3.05) is 24.6 Å². The number of morpholine rings is 1. The van der Waals surface area contributed by atoms with Crippen LogP contribution in [0.5, 0.6) is 0 Å². The van der Waals surface area contributed by atoms with Crippen LogP contribution in [0.3, 0.4) is 0 Å². The zero-order chi connectivity index (χ0) is 17.4. The highest BCUT2D eigenvalue weighted by Crippen LogP contribution is 2.32. The predicted octanol–water partition coefficient (Wildman–Crippen LogP) is 3.39. The molecule has 1 aliphatic rings. The molecule has 2 heterocycles. The Morgan fingerprint density at radius 2 is 1.83 bits per heavy atom. The van der Waals surface area contributed by atoms with E-state index in [9.17, 15) is 26.3 Å². The highest BCUT2D eigenvalue weighted by atomic mass is 19.4. The summed E-state index contributed by atoms with van der Waals surface area (Å²) in [7, 11) is 0. The second-order valence-electron chi connectivity index (χ2n) is 5.47.